The minimum absolute atomic E-state index is 0.126. The summed E-state index contributed by atoms with van der Waals surface area (Å²) in [6.07, 6.45) is 17.4. The van der Waals surface area contributed by atoms with Gasteiger partial charge in [-0.1, -0.05) is 90.4 Å². The van der Waals surface area contributed by atoms with Crippen molar-refractivity contribution in [1.29, 1.82) is 0 Å². The zero-order valence-corrected chi connectivity index (χ0v) is 19.5. The molecule has 0 heterocycles. The van der Waals surface area contributed by atoms with E-state index in [1.807, 2.05) is 0 Å². The largest absolute Gasteiger partial charge is 0.284 e. The molecule has 0 aliphatic heterocycles. The topological polar surface area (TPSA) is 63.2 Å². The molecule has 0 bridgehead atoms. The Balaban J connectivity index is 2.00. The number of hydrogen-bond acceptors (Lipinski definition) is 3. The molecule has 0 spiro atoms. The van der Waals surface area contributed by atoms with E-state index in [2.05, 4.69) is 11.6 Å². The second kappa shape index (κ2) is 15.7. The van der Waals surface area contributed by atoms with Crippen LogP contribution >= 0.6 is 11.6 Å². The summed E-state index contributed by atoms with van der Waals surface area (Å²) >= 11 is 5.38. The predicted octanol–water partition coefficient (Wildman–Crippen LogP) is 7.29. The molecule has 29 heavy (non-hydrogen) atoms. The number of anilines is 1. The number of benzene rings is 1. The average Bonchev–Trinajstić information content (AvgIpc) is 2.68. The maximum atomic E-state index is 12.1. The Morgan fingerprint density at radius 1 is 0.759 bits per heavy atom. The highest BCUT2D eigenvalue weighted by atomic mass is 35.5. The fourth-order valence-corrected chi connectivity index (χ4v) is 4.69. The van der Waals surface area contributed by atoms with Gasteiger partial charge in [-0.25, -0.2) is 8.42 Å². The third-order valence-corrected chi connectivity index (χ3v) is 6.74. The van der Waals surface area contributed by atoms with Crippen LogP contribution in [0.1, 0.15) is 107 Å². The number of sulfonamides is 1. The van der Waals surface area contributed by atoms with Gasteiger partial charge in [0.05, 0.1) is 5.75 Å². The van der Waals surface area contributed by atoms with Crippen LogP contribution in [-0.4, -0.2) is 19.4 Å². The second-order valence-electron chi connectivity index (χ2n) is 7.87. The molecule has 0 unspecified atom stereocenters. The van der Waals surface area contributed by atoms with Crippen LogP contribution in [0.2, 0.25) is 0 Å². The van der Waals surface area contributed by atoms with Crippen LogP contribution in [0.5, 0.6) is 0 Å². The third-order valence-electron chi connectivity index (χ3n) is 5.15. The first-order chi connectivity index (χ1) is 13.9. The highest BCUT2D eigenvalue weighted by Crippen LogP contribution is 2.15. The Morgan fingerprint density at radius 2 is 1.17 bits per heavy atom. The molecule has 1 N–H and O–H groups in total. The van der Waals surface area contributed by atoms with Gasteiger partial charge in [0.2, 0.25) is 10.0 Å². The monoisotopic (exact) mass is 443 g/mol. The Morgan fingerprint density at radius 3 is 1.59 bits per heavy atom. The van der Waals surface area contributed by atoms with Gasteiger partial charge in [-0.3, -0.25) is 9.52 Å². The van der Waals surface area contributed by atoms with Crippen LogP contribution in [0.15, 0.2) is 24.3 Å². The summed E-state index contributed by atoms with van der Waals surface area (Å²) in [5.74, 6) is 0.126. The Bertz CT molecular complexity index is 659. The lowest BCUT2D eigenvalue weighted by molar-refractivity contribution is 0.108. The summed E-state index contributed by atoms with van der Waals surface area (Å²) < 4.78 is 26.8. The van der Waals surface area contributed by atoms with Gasteiger partial charge in [-0.05, 0) is 42.3 Å². The number of carbonyl (C=O) groups excluding carboxylic acids is 1. The van der Waals surface area contributed by atoms with Gasteiger partial charge < -0.3 is 0 Å². The second-order valence-corrected chi connectivity index (χ2v) is 10.1. The van der Waals surface area contributed by atoms with E-state index in [1.165, 1.54) is 82.8 Å². The summed E-state index contributed by atoms with van der Waals surface area (Å²) in [5, 5.41) is -0.554. The molecule has 0 atom stereocenters. The van der Waals surface area contributed by atoms with Crippen molar-refractivity contribution in [3.63, 3.8) is 0 Å². The summed E-state index contributed by atoms with van der Waals surface area (Å²) in [4.78, 5) is 11.0. The highest BCUT2D eigenvalue weighted by Gasteiger charge is 2.10. The van der Waals surface area contributed by atoms with E-state index < -0.39 is 15.3 Å². The maximum absolute atomic E-state index is 12.1. The van der Waals surface area contributed by atoms with E-state index in [-0.39, 0.29) is 5.75 Å². The van der Waals surface area contributed by atoms with Crippen molar-refractivity contribution in [3.8, 4) is 0 Å². The summed E-state index contributed by atoms with van der Waals surface area (Å²) in [7, 11) is -3.35. The maximum Gasteiger partial charge on any atom is 0.252 e. The number of hydrogen-bond donors (Lipinski definition) is 1. The van der Waals surface area contributed by atoms with Crippen LogP contribution in [0.4, 0.5) is 5.69 Å². The molecule has 1 aromatic carbocycles. The first-order valence-electron chi connectivity index (χ1n) is 11.2. The summed E-state index contributed by atoms with van der Waals surface area (Å²) in [5.41, 5.74) is 0.804. The van der Waals surface area contributed by atoms with Crippen molar-refractivity contribution in [1.82, 2.24) is 0 Å². The van der Waals surface area contributed by atoms with Gasteiger partial charge in [0.15, 0.2) is 0 Å². The molecule has 0 aliphatic carbocycles. The van der Waals surface area contributed by atoms with Crippen molar-refractivity contribution in [2.45, 2.75) is 96.8 Å². The molecule has 0 saturated carbocycles. The molecule has 0 fully saturated rings. The molecule has 6 heteroatoms. The normalized spacial score (nSPS) is 11.5. The molecule has 0 aliphatic rings. The van der Waals surface area contributed by atoms with Crippen molar-refractivity contribution < 1.29 is 13.2 Å². The van der Waals surface area contributed by atoms with E-state index in [0.717, 1.165) is 12.8 Å². The lowest BCUT2D eigenvalue weighted by Crippen LogP contribution is -2.16. The van der Waals surface area contributed by atoms with Crippen LogP contribution in [0.25, 0.3) is 0 Å². The Labute approximate surface area is 182 Å². The van der Waals surface area contributed by atoms with E-state index >= 15 is 0 Å². The van der Waals surface area contributed by atoms with Gasteiger partial charge in [0, 0.05) is 11.3 Å². The summed E-state index contributed by atoms with van der Waals surface area (Å²) in [6, 6.07) is 6.13. The van der Waals surface area contributed by atoms with Crippen LogP contribution < -0.4 is 4.72 Å². The molecular formula is C23H38ClNO3S. The minimum atomic E-state index is -3.35. The van der Waals surface area contributed by atoms with Gasteiger partial charge in [-0.2, -0.15) is 0 Å². The third kappa shape index (κ3) is 13.7. The van der Waals surface area contributed by atoms with Crippen molar-refractivity contribution >= 4 is 32.6 Å². The van der Waals surface area contributed by atoms with Crippen molar-refractivity contribution in [2.24, 2.45) is 0 Å². The Hall–Kier alpha value is -1.07. The molecule has 1 rings (SSSR count). The van der Waals surface area contributed by atoms with Crippen molar-refractivity contribution in [2.75, 3.05) is 10.5 Å². The minimum Gasteiger partial charge on any atom is -0.284 e. The molecule has 0 radical (unpaired) electrons. The molecule has 0 aromatic heterocycles. The fourth-order valence-electron chi connectivity index (χ4n) is 3.39. The lowest BCUT2D eigenvalue weighted by atomic mass is 10.0. The molecular weight excluding hydrogens is 406 g/mol. The first-order valence-corrected chi connectivity index (χ1v) is 13.3. The zero-order valence-electron chi connectivity index (χ0n) is 17.9. The fraction of sp³-hybridized carbons (Fsp3) is 0.696. The molecule has 0 amide bonds. The molecule has 1 aromatic rings. The average molecular weight is 444 g/mol. The van der Waals surface area contributed by atoms with Crippen LogP contribution in [-0.2, 0) is 10.0 Å². The Kier molecular flexibility index (Phi) is 14.1. The van der Waals surface area contributed by atoms with E-state index in [9.17, 15) is 13.2 Å². The predicted molar refractivity (Wildman–Crippen MR) is 124 cm³/mol. The van der Waals surface area contributed by atoms with Crippen molar-refractivity contribution in [3.05, 3.63) is 29.8 Å². The number of halogens is 1. The number of carbonyl (C=O) groups is 1. The number of rotatable bonds is 18. The lowest BCUT2D eigenvalue weighted by Gasteiger charge is -2.08. The van der Waals surface area contributed by atoms with Gasteiger partial charge in [-0.15, -0.1) is 0 Å². The first kappa shape index (κ1) is 26.0. The summed E-state index contributed by atoms with van der Waals surface area (Å²) in [6.45, 7) is 2.25. The smallest absolute Gasteiger partial charge is 0.252 e. The van der Waals surface area contributed by atoms with E-state index in [0.29, 0.717) is 17.7 Å². The van der Waals surface area contributed by atoms with Gasteiger partial charge >= 0.3 is 0 Å². The van der Waals surface area contributed by atoms with E-state index in [1.54, 1.807) is 12.1 Å². The standard InChI is InChI=1S/C23H38ClNO3S/c1-2-3-4-5-6-7-8-9-10-11-12-13-14-15-20-29(27,28)25-22-18-16-21(17-19-22)23(24)26/h16-19,25H,2-15,20H2,1H3. The van der Waals surface area contributed by atoms with Crippen LogP contribution in [0.3, 0.4) is 0 Å². The van der Waals surface area contributed by atoms with E-state index in [4.69, 9.17) is 11.6 Å². The number of unbranched alkanes of at least 4 members (excludes halogenated alkanes) is 13. The quantitative estimate of drug-likeness (QED) is 0.191. The van der Waals surface area contributed by atoms with Gasteiger partial charge in [0.1, 0.15) is 0 Å². The SMILES string of the molecule is CCCCCCCCCCCCCCCCS(=O)(=O)Nc1ccc(C(=O)Cl)cc1. The number of nitrogens with one attached hydrogen (secondary N) is 1. The van der Waals surface area contributed by atoms with Gasteiger partial charge in [0.25, 0.3) is 5.24 Å². The molecule has 0 saturated heterocycles. The van der Waals surface area contributed by atoms with Crippen LogP contribution in [0, 0.1) is 0 Å². The highest BCUT2D eigenvalue weighted by molar-refractivity contribution is 7.92. The zero-order chi connectivity index (χ0) is 21.4. The molecule has 4 nitrogen and oxygen atoms in total. The molecule has 166 valence electrons.